The lowest BCUT2D eigenvalue weighted by molar-refractivity contribution is 0.0636. The molecular formula is C27H32N6O2. The van der Waals surface area contributed by atoms with Gasteiger partial charge in [0.05, 0.1) is 0 Å². The first-order valence-corrected chi connectivity index (χ1v) is 12.8. The molecule has 0 radical (unpaired) electrons. The third-order valence-corrected chi connectivity index (χ3v) is 8.23. The van der Waals surface area contributed by atoms with Gasteiger partial charge in [-0.2, -0.15) is 0 Å². The van der Waals surface area contributed by atoms with Crippen molar-refractivity contribution in [2.24, 2.45) is 0 Å². The molecule has 0 bridgehead atoms. The number of rotatable bonds is 3. The zero-order valence-corrected chi connectivity index (χ0v) is 20.0. The van der Waals surface area contributed by atoms with Crippen molar-refractivity contribution in [2.45, 2.75) is 43.6 Å². The normalized spacial score (nSPS) is 21.8. The van der Waals surface area contributed by atoms with Crippen molar-refractivity contribution in [3.8, 4) is 0 Å². The van der Waals surface area contributed by atoms with Gasteiger partial charge in [0.25, 0.3) is 5.91 Å². The number of nitrogens with one attached hydrogen (secondary N) is 1. The van der Waals surface area contributed by atoms with E-state index in [-0.39, 0.29) is 23.4 Å². The molecule has 0 unspecified atom stereocenters. The van der Waals surface area contributed by atoms with E-state index in [1.54, 1.807) is 0 Å². The van der Waals surface area contributed by atoms with Crippen molar-refractivity contribution in [1.29, 1.82) is 0 Å². The maximum atomic E-state index is 13.0. The topological polar surface area (TPSA) is 81.7 Å². The second-order valence-corrected chi connectivity index (χ2v) is 10.1. The first kappa shape index (κ1) is 22.1. The second-order valence-electron chi connectivity index (χ2n) is 10.1. The van der Waals surface area contributed by atoms with E-state index < -0.39 is 0 Å². The van der Waals surface area contributed by atoms with E-state index in [4.69, 9.17) is 0 Å². The van der Waals surface area contributed by atoms with Crippen LogP contribution in [0.5, 0.6) is 0 Å². The summed E-state index contributed by atoms with van der Waals surface area (Å²) in [6.07, 6.45) is 9.32. The smallest absolute Gasteiger partial charge is 0.317 e. The molecule has 35 heavy (non-hydrogen) atoms. The Kier molecular flexibility index (Phi) is 5.66. The molecule has 4 heterocycles. The lowest BCUT2D eigenvalue weighted by Gasteiger charge is -2.40. The molecule has 0 saturated carbocycles. The number of hydrogen-bond donors (Lipinski definition) is 1. The highest BCUT2D eigenvalue weighted by atomic mass is 16.2. The molecule has 2 aromatic rings. The Bertz CT molecular complexity index is 1130. The maximum absolute atomic E-state index is 13.0. The Morgan fingerprint density at radius 3 is 2.51 bits per heavy atom. The molecule has 1 aromatic carbocycles. The summed E-state index contributed by atoms with van der Waals surface area (Å²) in [6.45, 7) is 4.67. The standard InChI is InChI=1S/C27H32N6O2/c34-25(32-16-9-21(10-17-32)33-15-3-14-28-26(33)35)23-6-7-24(30-29-23)31-18-12-27(13-19-31)11-8-20-4-1-2-5-22(20)27/h1-2,4-8,11,21H,3,9-10,12-19H2,(H,28,35). The fourth-order valence-corrected chi connectivity index (χ4v) is 6.15. The van der Waals surface area contributed by atoms with E-state index in [2.05, 4.69) is 56.8 Å². The number of carbonyl (C=O) groups is 2. The number of anilines is 1. The lowest BCUT2D eigenvalue weighted by Crippen LogP contribution is -2.54. The van der Waals surface area contributed by atoms with Gasteiger partial charge >= 0.3 is 6.03 Å². The van der Waals surface area contributed by atoms with Crippen LogP contribution in [0.1, 0.15) is 53.7 Å². The van der Waals surface area contributed by atoms with Gasteiger partial charge in [-0.15, -0.1) is 10.2 Å². The lowest BCUT2D eigenvalue weighted by atomic mass is 9.74. The van der Waals surface area contributed by atoms with E-state index in [0.717, 1.165) is 64.1 Å². The van der Waals surface area contributed by atoms with Crippen molar-refractivity contribution in [3.63, 3.8) is 0 Å². The van der Waals surface area contributed by atoms with Crippen molar-refractivity contribution in [1.82, 2.24) is 25.3 Å². The molecule has 3 aliphatic heterocycles. The zero-order valence-electron chi connectivity index (χ0n) is 20.0. The van der Waals surface area contributed by atoms with Gasteiger partial charge < -0.3 is 20.0 Å². The number of likely N-dealkylation sites (tertiary alicyclic amines) is 1. The largest absolute Gasteiger partial charge is 0.355 e. The number of piperidine rings is 2. The van der Waals surface area contributed by atoms with Crippen LogP contribution in [0.25, 0.3) is 6.08 Å². The molecular weight excluding hydrogens is 440 g/mol. The van der Waals surface area contributed by atoms with Crippen molar-refractivity contribution < 1.29 is 9.59 Å². The fourth-order valence-electron chi connectivity index (χ4n) is 6.15. The summed E-state index contributed by atoms with van der Waals surface area (Å²) in [5.74, 6) is 0.761. The first-order chi connectivity index (χ1) is 17.1. The Morgan fingerprint density at radius 2 is 1.77 bits per heavy atom. The van der Waals surface area contributed by atoms with Crippen LogP contribution in [0.2, 0.25) is 0 Å². The summed E-state index contributed by atoms with van der Waals surface area (Å²) in [4.78, 5) is 31.2. The summed E-state index contributed by atoms with van der Waals surface area (Å²) in [5, 5.41) is 11.6. The molecule has 8 heteroatoms. The molecule has 3 amide bonds. The monoisotopic (exact) mass is 472 g/mol. The molecule has 182 valence electrons. The number of carbonyl (C=O) groups excluding carboxylic acids is 2. The summed E-state index contributed by atoms with van der Waals surface area (Å²) in [6, 6.07) is 12.7. The molecule has 6 rings (SSSR count). The molecule has 3 fully saturated rings. The van der Waals surface area contributed by atoms with Gasteiger partial charge in [0, 0.05) is 50.7 Å². The molecule has 1 N–H and O–H groups in total. The Morgan fingerprint density at radius 1 is 0.971 bits per heavy atom. The van der Waals surface area contributed by atoms with E-state index >= 15 is 0 Å². The zero-order chi connectivity index (χ0) is 23.8. The van der Waals surface area contributed by atoms with Crippen LogP contribution in [-0.4, -0.2) is 77.2 Å². The second kappa shape index (κ2) is 8.98. The van der Waals surface area contributed by atoms with E-state index in [0.29, 0.717) is 18.8 Å². The molecule has 1 spiro atoms. The average molecular weight is 473 g/mol. The van der Waals surface area contributed by atoms with Gasteiger partial charge in [-0.3, -0.25) is 4.79 Å². The van der Waals surface area contributed by atoms with Crippen molar-refractivity contribution in [2.75, 3.05) is 44.2 Å². The quantitative estimate of drug-likeness (QED) is 0.743. The minimum absolute atomic E-state index is 0.0271. The predicted molar refractivity (Wildman–Crippen MR) is 134 cm³/mol. The molecule has 8 nitrogen and oxygen atoms in total. The molecule has 1 aliphatic carbocycles. The number of hydrogen-bond acceptors (Lipinski definition) is 5. The minimum atomic E-state index is -0.0732. The minimum Gasteiger partial charge on any atom is -0.355 e. The summed E-state index contributed by atoms with van der Waals surface area (Å²) in [7, 11) is 0. The van der Waals surface area contributed by atoms with Crippen LogP contribution in [0.15, 0.2) is 42.5 Å². The van der Waals surface area contributed by atoms with Gasteiger partial charge in [-0.05, 0) is 55.4 Å². The summed E-state index contributed by atoms with van der Waals surface area (Å²) in [5.41, 5.74) is 3.31. The number of allylic oxidation sites excluding steroid dienone is 1. The van der Waals surface area contributed by atoms with Gasteiger partial charge in [0.1, 0.15) is 0 Å². The Balaban J connectivity index is 1.05. The SMILES string of the molecule is O=C(c1ccc(N2CCC3(C=Cc4ccccc43)CC2)nn1)N1CCC(N2CCCNC2=O)CC1. The van der Waals surface area contributed by atoms with Crippen LogP contribution in [0.4, 0.5) is 10.6 Å². The van der Waals surface area contributed by atoms with E-state index in [9.17, 15) is 9.59 Å². The van der Waals surface area contributed by atoms with Crippen molar-refractivity contribution >= 4 is 23.8 Å². The number of urea groups is 1. The number of amides is 3. The van der Waals surface area contributed by atoms with Crippen LogP contribution in [0, 0.1) is 0 Å². The molecule has 4 aliphatic rings. The van der Waals surface area contributed by atoms with Gasteiger partial charge in [0.2, 0.25) is 0 Å². The van der Waals surface area contributed by atoms with E-state index in [1.165, 1.54) is 11.1 Å². The Hall–Kier alpha value is -3.42. The highest BCUT2D eigenvalue weighted by molar-refractivity contribution is 5.92. The molecule has 0 atom stereocenters. The summed E-state index contributed by atoms with van der Waals surface area (Å²) >= 11 is 0. The fraction of sp³-hybridized carbons (Fsp3) is 0.481. The van der Waals surface area contributed by atoms with Crippen LogP contribution in [-0.2, 0) is 5.41 Å². The predicted octanol–water partition coefficient (Wildman–Crippen LogP) is 3.06. The molecule has 1 aromatic heterocycles. The highest BCUT2D eigenvalue weighted by Crippen LogP contribution is 2.44. The van der Waals surface area contributed by atoms with Gasteiger partial charge in [-0.1, -0.05) is 36.4 Å². The summed E-state index contributed by atoms with van der Waals surface area (Å²) < 4.78 is 0. The van der Waals surface area contributed by atoms with Crippen molar-refractivity contribution in [3.05, 3.63) is 59.3 Å². The van der Waals surface area contributed by atoms with Crippen LogP contribution < -0.4 is 10.2 Å². The average Bonchev–Trinajstić information content (AvgIpc) is 3.27. The van der Waals surface area contributed by atoms with Crippen LogP contribution >= 0.6 is 0 Å². The highest BCUT2D eigenvalue weighted by Gasteiger charge is 2.38. The van der Waals surface area contributed by atoms with Crippen LogP contribution in [0.3, 0.4) is 0 Å². The molecule has 3 saturated heterocycles. The number of fused-ring (bicyclic) bond motifs is 2. The number of nitrogens with zero attached hydrogens (tertiary/aromatic N) is 5. The third kappa shape index (κ3) is 4.05. The first-order valence-electron chi connectivity index (χ1n) is 12.8. The number of benzene rings is 1. The van der Waals surface area contributed by atoms with Gasteiger partial charge in [0.15, 0.2) is 11.5 Å². The number of aromatic nitrogens is 2. The Labute approximate surface area is 206 Å². The third-order valence-electron chi connectivity index (χ3n) is 8.23. The maximum Gasteiger partial charge on any atom is 0.317 e. The van der Waals surface area contributed by atoms with Gasteiger partial charge in [-0.25, -0.2) is 4.79 Å². The van der Waals surface area contributed by atoms with E-state index in [1.807, 2.05) is 21.9 Å².